The van der Waals surface area contributed by atoms with E-state index in [9.17, 15) is 0 Å². The Morgan fingerprint density at radius 3 is 2.47 bits per heavy atom. The first-order valence-electron chi connectivity index (χ1n) is 5.80. The van der Waals surface area contributed by atoms with Crippen LogP contribution in [0.25, 0.3) is 22.3 Å². The molecule has 0 radical (unpaired) electrons. The SMILES string of the molecule is Cc1cccc(-c2cc3cccc(C)c3o2)c1. The molecule has 0 fully saturated rings. The number of furan rings is 1. The van der Waals surface area contributed by atoms with Crippen molar-refractivity contribution in [3.8, 4) is 11.3 Å². The molecule has 0 aliphatic heterocycles. The molecule has 0 unspecified atom stereocenters. The normalized spacial score (nSPS) is 10.9. The minimum absolute atomic E-state index is 0.943. The van der Waals surface area contributed by atoms with Crippen LogP contribution in [-0.4, -0.2) is 0 Å². The van der Waals surface area contributed by atoms with Gasteiger partial charge in [-0.25, -0.2) is 0 Å². The van der Waals surface area contributed by atoms with E-state index >= 15 is 0 Å². The maximum absolute atomic E-state index is 5.94. The largest absolute Gasteiger partial charge is 0.456 e. The van der Waals surface area contributed by atoms with E-state index in [2.05, 4.69) is 62.4 Å². The van der Waals surface area contributed by atoms with Crippen LogP contribution in [0.2, 0.25) is 0 Å². The zero-order chi connectivity index (χ0) is 11.8. The van der Waals surface area contributed by atoms with E-state index in [1.165, 1.54) is 16.5 Å². The summed E-state index contributed by atoms with van der Waals surface area (Å²) in [5.41, 5.74) is 4.56. The van der Waals surface area contributed by atoms with Crippen LogP contribution in [0, 0.1) is 13.8 Å². The minimum atomic E-state index is 0.943. The van der Waals surface area contributed by atoms with E-state index in [-0.39, 0.29) is 0 Å². The van der Waals surface area contributed by atoms with E-state index < -0.39 is 0 Å². The fraction of sp³-hybridized carbons (Fsp3) is 0.125. The van der Waals surface area contributed by atoms with Gasteiger partial charge < -0.3 is 4.42 Å². The predicted octanol–water partition coefficient (Wildman–Crippen LogP) is 4.72. The molecule has 3 aromatic rings. The molecule has 0 amide bonds. The number of benzene rings is 2. The lowest BCUT2D eigenvalue weighted by atomic mass is 10.1. The van der Waals surface area contributed by atoms with Gasteiger partial charge >= 0.3 is 0 Å². The summed E-state index contributed by atoms with van der Waals surface area (Å²) in [6.07, 6.45) is 0. The predicted molar refractivity (Wildman–Crippen MR) is 71.1 cm³/mol. The Morgan fingerprint density at radius 1 is 0.882 bits per heavy atom. The molecule has 3 rings (SSSR count). The third-order valence-electron chi connectivity index (χ3n) is 3.04. The van der Waals surface area contributed by atoms with Crippen molar-refractivity contribution in [2.24, 2.45) is 0 Å². The van der Waals surface area contributed by atoms with Gasteiger partial charge in [-0.1, -0.05) is 42.0 Å². The first kappa shape index (κ1) is 10.2. The Hall–Kier alpha value is -2.02. The number of para-hydroxylation sites is 1. The molecule has 0 aliphatic rings. The molecule has 2 aromatic carbocycles. The van der Waals surface area contributed by atoms with E-state index in [4.69, 9.17) is 4.42 Å². The first-order valence-corrected chi connectivity index (χ1v) is 5.80. The lowest BCUT2D eigenvalue weighted by Gasteiger charge is -1.97. The van der Waals surface area contributed by atoms with Gasteiger partial charge in [-0.05, 0) is 31.5 Å². The van der Waals surface area contributed by atoms with Crippen molar-refractivity contribution in [2.75, 3.05) is 0 Å². The molecule has 1 heteroatoms. The first-order chi connectivity index (χ1) is 8.24. The topological polar surface area (TPSA) is 13.1 Å². The Labute approximate surface area is 101 Å². The van der Waals surface area contributed by atoms with Crippen LogP contribution in [-0.2, 0) is 0 Å². The Balaban J connectivity index is 2.22. The summed E-state index contributed by atoms with van der Waals surface area (Å²) in [6, 6.07) is 16.7. The summed E-state index contributed by atoms with van der Waals surface area (Å²) >= 11 is 0. The quantitative estimate of drug-likeness (QED) is 0.580. The van der Waals surface area contributed by atoms with Gasteiger partial charge in [-0.2, -0.15) is 0 Å². The van der Waals surface area contributed by atoms with Crippen LogP contribution in [0.3, 0.4) is 0 Å². The van der Waals surface area contributed by atoms with Gasteiger partial charge in [0.05, 0.1) is 0 Å². The van der Waals surface area contributed by atoms with Gasteiger partial charge in [0.1, 0.15) is 11.3 Å². The maximum atomic E-state index is 5.94. The van der Waals surface area contributed by atoms with Gasteiger partial charge in [0.15, 0.2) is 0 Å². The molecular weight excluding hydrogens is 208 g/mol. The zero-order valence-corrected chi connectivity index (χ0v) is 10.0. The number of hydrogen-bond donors (Lipinski definition) is 0. The number of aryl methyl sites for hydroxylation is 2. The average molecular weight is 222 g/mol. The number of rotatable bonds is 1. The van der Waals surface area contributed by atoms with Crippen LogP contribution in [0.5, 0.6) is 0 Å². The van der Waals surface area contributed by atoms with Crippen molar-refractivity contribution < 1.29 is 4.42 Å². The molecule has 0 saturated heterocycles. The fourth-order valence-corrected chi connectivity index (χ4v) is 2.15. The summed E-state index contributed by atoms with van der Waals surface area (Å²) in [6.45, 7) is 4.17. The molecule has 1 aromatic heterocycles. The number of hydrogen-bond acceptors (Lipinski definition) is 1. The molecule has 0 aliphatic carbocycles. The van der Waals surface area contributed by atoms with Gasteiger partial charge in [-0.15, -0.1) is 0 Å². The lowest BCUT2D eigenvalue weighted by molar-refractivity contribution is 0.629. The summed E-state index contributed by atoms with van der Waals surface area (Å²) < 4.78 is 5.94. The van der Waals surface area contributed by atoms with Crippen molar-refractivity contribution in [1.29, 1.82) is 0 Å². The summed E-state index contributed by atoms with van der Waals surface area (Å²) in [4.78, 5) is 0. The van der Waals surface area contributed by atoms with Crippen molar-refractivity contribution in [3.05, 3.63) is 59.7 Å². The molecule has 0 bridgehead atoms. The molecule has 84 valence electrons. The molecule has 1 nitrogen and oxygen atoms in total. The zero-order valence-electron chi connectivity index (χ0n) is 10.0. The summed E-state index contributed by atoms with van der Waals surface area (Å²) in [7, 11) is 0. The molecule has 0 spiro atoms. The molecule has 0 N–H and O–H groups in total. The third kappa shape index (κ3) is 1.74. The molecule has 17 heavy (non-hydrogen) atoms. The van der Waals surface area contributed by atoms with Crippen LogP contribution in [0.4, 0.5) is 0 Å². The highest BCUT2D eigenvalue weighted by atomic mass is 16.3. The van der Waals surface area contributed by atoms with Gasteiger partial charge in [-0.3, -0.25) is 0 Å². The molecule has 0 atom stereocenters. The minimum Gasteiger partial charge on any atom is -0.456 e. The molecular formula is C16H14O. The Morgan fingerprint density at radius 2 is 1.71 bits per heavy atom. The molecule has 0 saturated carbocycles. The second-order valence-corrected chi connectivity index (χ2v) is 4.47. The smallest absolute Gasteiger partial charge is 0.137 e. The van der Waals surface area contributed by atoms with Crippen molar-refractivity contribution in [1.82, 2.24) is 0 Å². The highest BCUT2D eigenvalue weighted by Gasteiger charge is 2.07. The van der Waals surface area contributed by atoms with E-state index in [1.807, 2.05) is 0 Å². The van der Waals surface area contributed by atoms with Crippen LogP contribution >= 0.6 is 0 Å². The highest BCUT2D eigenvalue weighted by molar-refractivity contribution is 5.85. The summed E-state index contributed by atoms with van der Waals surface area (Å²) in [5, 5.41) is 1.17. The van der Waals surface area contributed by atoms with Gasteiger partial charge in [0.25, 0.3) is 0 Å². The number of fused-ring (bicyclic) bond motifs is 1. The van der Waals surface area contributed by atoms with Crippen molar-refractivity contribution >= 4 is 11.0 Å². The van der Waals surface area contributed by atoms with E-state index in [0.29, 0.717) is 0 Å². The van der Waals surface area contributed by atoms with Crippen molar-refractivity contribution in [3.63, 3.8) is 0 Å². The van der Waals surface area contributed by atoms with Crippen LogP contribution < -0.4 is 0 Å². The summed E-state index contributed by atoms with van der Waals surface area (Å²) in [5.74, 6) is 0.943. The standard InChI is InChI=1S/C16H14O/c1-11-5-3-7-13(9-11)15-10-14-8-4-6-12(2)16(14)17-15/h3-10H,1-2H3. The maximum Gasteiger partial charge on any atom is 0.137 e. The Kier molecular flexibility index (Phi) is 2.25. The molecule has 1 heterocycles. The van der Waals surface area contributed by atoms with Gasteiger partial charge in [0.2, 0.25) is 0 Å². The lowest BCUT2D eigenvalue weighted by Crippen LogP contribution is -1.75. The fourth-order valence-electron chi connectivity index (χ4n) is 2.15. The average Bonchev–Trinajstić information content (AvgIpc) is 2.74. The second kappa shape index (κ2) is 3.77. The monoisotopic (exact) mass is 222 g/mol. The van der Waals surface area contributed by atoms with E-state index in [1.54, 1.807) is 0 Å². The second-order valence-electron chi connectivity index (χ2n) is 4.47. The highest BCUT2D eigenvalue weighted by Crippen LogP contribution is 2.29. The van der Waals surface area contributed by atoms with Crippen LogP contribution in [0.1, 0.15) is 11.1 Å². The van der Waals surface area contributed by atoms with E-state index in [0.717, 1.165) is 16.9 Å². The van der Waals surface area contributed by atoms with Crippen LogP contribution in [0.15, 0.2) is 52.9 Å². The third-order valence-corrected chi connectivity index (χ3v) is 3.04. The van der Waals surface area contributed by atoms with Gasteiger partial charge in [0, 0.05) is 10.9 Å². The van der Waals surface area contributed by atoms with Crippen molar-refractivity contribution in [2.45, 2.75) is 13.8 Å². The Bertz CT molecular complexity index is 677.